The Morgan fingerprint density at radius 2 is 1.80 bits per heavy atom. The molecule has 0 saturated heterocycles. The van der Waals surface area contributed by atoms with Gasteiger partial charge in [0.1, 0.15) is 0 Å². The lowest BCUT2D eigenvalue weighted by Gasteiger charge is -2.07. The van der Waals surface area contributed by atoms with Gasteiger partial charge in [-0.3, -0.25) is 0 Å². The minimum atomic E-state index is 0.831. The molecule has 2 heteroatoms. The van der Waals surface area contributed by atoms with Crippen LogP contribution in [0, 0.1) is 5.92 Å². The van der Waals surface area contributed by atoms with Gasteiger partial charge in [-0.1, -0.05) is 33.6 Å². The Balaban J connectivity index is 2.87. The highest BCUT2D eigenvalue weighted by atomic mass is 16.5. The van der Waals surface area contributed by atoms with E-state index in [1.165, 1.54) is 32.1 Å². The van der Waals surface area contributed by atoms with Gasteiger partial charge in [-0.2, -0.15) is 0 Å². The summed E-state index contributed by atoms with van der Waals surface area (Å²) in [7, 11) is 0. The van der Waals surface area contributed by atoms with E-state index in [0.717, 1.165) is 32.2 Å². The fraction of sp³-hybridized carbons (Fsp3) is 1.00. The summed E-state index contributed by atoms with van der Waals surface area (Å²) in [5, 5.41) is 3.41. The largest absolute Gasteiger partial charge is 0.380 e. The summed E-state index contributed by atoms with van der Waals surface area (Å²) in [6.45, 7) is 10.7. The summed E-state index contributed by atoms with van der Waals surface area (Å²) in [5.74, 6) is 0.831. The molecular weight excluding hydrogens is 186 g/mol. The van der Waals surface area contributed by atoms with Crippen molar-refractivity contribution in [3.05, 3.63) is 0 Å². The third-order valence-corrected chi connectivity index (χ3v) is 2.45. The molecule has 0 aliphatic heterocycles. The van der Waals surface area contributed by atoms with Crippen LogP contribution in [0.5, 0.6) is 0 Å². The van der Waals surface area contributed by atoms with E-state index in [4.69, 9.17) is 4.74 Å². The highest BCUT2D eigenvalue weighted by molar-refractivity contribution is 4.50. The predicted molar refractivity (Wildman–Crippen MR) is 67.3 cm³/mol. The average molecular weight is 215 g/mol. The molecule has 0 rings (SSSR count). The first-order chi connectivity index (χ1) is 7.27. The van der Waals surface area contributed by atoms with Crippen molar-refractivity contribution in [2.45, 2.75) is 52.9 Å². The Kier molecular flexibility index (Phi) is 11.9. The average Bonchev–Trinajstić information content (AvgIpc) is 2.20. The quantitative estimate of drug-likeness (QED) is 0.534. The van der Waals surface area contributed by atoms with Gasteiger partial charge in [0.25, 0.3) is 0 Å². The summed E-state index contributed by atoms with van der Waals surface area (Å²) >= 11 is 0. The minimum Gasteiger partial charge on any atom is -0.380 e. The highest BCUT2D eigenvalue weighted by Gasteiger charge is 1.93. The molecule has 0 aliphatic rings. The summed E-state index contributed by atoms with van der Waals surface area (Å²) in [5.41, 5.74) is 0. The minimum absolute atomic E-state index is 0.831. The summed E-state index contributed by atoms with van der Waals surface area (Å²) in [4.78, 5) is 0. The number of ether oxygens (including phenoxy) is 1. The first-order valence-electron chi connectivity index (χ1n) is 6.55. The van der Waals surface area contributed by atoms with Gasteiger partial charge >= 0.3 is 0 Å². The van der Waals surface area contributed by atoms with Gasteiger partial charge in [-0.15, -0.1) is 0 Å². The Hall–Kier alpha value is -0.0800. The first kappa shape index (κ1) is 14.9. The Labute approximate surface area is 95.8 Å². The maximum atomic E-state index is 5.50. The zero-order chi connectivity index (χ0) is 11.4. The van der Waals surface area contributed by atoms with E-state index >= 15 is 0 Å². The molecule has 0 saturated carbocycles. The van der Waals surface area contributed by atoms with Crippen LogP contribution in [0.15, 0.2) is 0 Å². The lowest BCUT2D eigenvalue weighted by molar-refractivity contribution is 0.132. The molecule has 0 unspecified atom stereocenters. The summed E-state index contributed by atoms with van der Waals surface area (Å²) < 4.78 is 5.50. The molecule has 0 atom stereocenters. The molecule has 0 aliphatic carbocycles. The molecule has 2 nitrogen and oxygen atoms in total. The summed E-state index contributed by atoms with van der Waals surface area (Å²) in [6.07, 6.45) is 6.39. The van der Waals surface area contributed by atoms with E-state index in [0.29, 0.717) is 0 Å². The zero-order valence-electron chi connectivity index (χ0n) is 10.8. The number of unbranched alkanes of at least 4 members (excludes halogenated alkanes) is 2. The van der Waals surface area contributed by atoms with Gasteiger partial charge in [0, 0.05) is 13.2 Å². The molecule has 0 amide bonds. The molecule has 1 N–H and O–H groups in total. The topological polar surface area (TPSA) is 21.3 Å². The van der Waals surface area contributed by atoms with Crippen molar-refractivity contribution in [2.75, 3.05) is 26.3 Å². The van der Waals surface area contributed by atoms with Crippen LogP contribution in [0.1, 0.15) is 52.9 Å². The lowest BCUT2D eigenvalue weighted by Crippen LogP contribution is -2.21. The molecule has 0 radical (unpaired) electrons. The van der Waals surface area contributed by atoms with Crippen LogP contribution in [-0.2, 0) is 4.74 Å². The monoisotopic (exact) mass is 215 g/mol. The Morgan fingerprint density at radius 1 is 1.00 bits per heavy atom. The van der Waals surface area contributed by atoms with Gasteiger partial charge in [0.15, 0.2) is 0 Å². The van der Waals surface area contributed by atoms with Crippen molar-refractivity contribution in [2.24, 2.45) is 5.92 Å². The van der Waals surface area contributed by atoms with Gasteiger partial charge in [0.05, 0.1) is 6.61 Å². The van der Waals surface area contributed by atoms with E-state index in [9.17, 15) is 0 Å². The first-order valence-corrected chi connectivity index (χ1v) is 6.55. The Bertz CT molecular complexity index is 115. The van der Waals surface area contributed by atoms with Gasteiger partial charge in [-0.05, 0) is 31.7 Å². The van der Waals surface area contributed by atoms with Crippen LogP contribution in [-0.4, -0.2) is 26.3 Å². The number of hydrogen-bond acceptors (Lipinski definition) is 2. The SMILES string of the molecule is CCCCCOCCNCCCC(C)C. The highest BCUT2D eigenvalue weighted by Crippen LogP contribution is 2.01. The molecule has 0 fully saturated rings. The lowest BCUT2D eigenvalue weighted by atomic mass is 10.1. The van der Waals surface area contributed by atoms with Crippen molar-refractivity contribution in [3.8, 4) is 0 Å². The number of rotatable bonds is 11. The predicted octanol–water partition coefficient (Wildman–Crippen LogP) is 3.22. The zero-order valence-corrected chi connectivity index (χ0v) is 10.8. The molecule has 0 bridgehead atoms. The third kappa shape index (κ3) is 13.9. The van der Waals surface area contributed by atoms with Gasteiger partial charge in [0.2, 0.25) is 0 Å². The van der Waals surface area contributed by atoms with E-state index in [-0.39, 0.29) is 0 Å². The van der Waals surface area contributed by atoms with Crippen molar-refractivity contribution in [3.63, 3.8) is 0 Å². The van der Waals surface area contributed by atoms with E-state index in [2.05, 4.69) is 26.1 Å². The smallest absolute Gasteiger partial charge is 0.0590 e. The van der Waals surface area contributed by atoms with Crippen LogP contribution < -0.4 is 5.32 Å². The standard InChI is InChI=1S/C13H29NO/c1-4-5-6-11-15-12-10-14-9-7-8-13(2)3/h13-14H,4-12H2,1-3H3. The van der Waals surface area contributed by atoms with E-state index in [1.54, 1.807) is 0 Å². The second kappa shape index (κ2) is 12.0. The van der Waals surface area contributed by atoms with Crippen LogP contribution in [0.25, 0.3) is 0 Å². The fourth-order valence-electron chi connectivity index (χ4n) is 1.46. The Morgan fingerprint density at radius 3 is 2.47 bits per heavy atom. The van der Waals surface area contributed by atoms with Gasteiger partial charge in [-0.25, -0.2) is 0 Å². The number of hydrogen-bond donors (Lipinski definition) is 1. The van der Waals surface area contributed by atoms with Crippen molar-refractivity contribution in [1.82, 2.24) is 5.32 Å². The molecule has 0 heterocycles. The van der Waals surface area contributed by atoms with E-state index < -0.39 is 0 Å². The maximum absolute atomic E-state index is 5.50. The molecule has 0 aromatic rings. The maximum Gasteiger partial charge on any atom is 0.0590 e. The fourth-order valence-corrected chi connectivity index (χ4v) is 1.46. The van der Waals surface area contributed by atoms with Crippen LogP contribution >= 0.6 is 0 Å². The van der Waals surface area contributed by atoms with E-state index in [1.807, 2.05) is 0 Å². The third-order valence-electron chi connectivity index (χ3n) is 2.45. The molecular formula is C13H29NO. The second-order valence-corrected chi connectivity index (χ2v) is 4.61. The summed E-state index contributed by atoms with van der Waals surface area (Å²) in [6, 6.07) is 0. The van der Waals surface area contributed by atoms with Crippen molar-refractivity contribution >= 4 is 0 Å². The molecule has 0 aromatic carbocycles. The van der Waals surface area contributed by atoms with Crippen LogP contribution in [0.3, 0.4) is 0 Å². The van der Waals surface area contributed by atoms with Crippen LogP contribution in [0.2, 0.25) is 0 Å². The second-order valence-electron chi connectivity index (χ2n) is 4.61. The molecule has 15 heavy (non-hydrogen) atoms. The van der Waals surface area contributed by atoms with Crippen molar-refractivity contribution in [1.29, 1.82) is 0 Å². The molecule has 0 aromatic heterocycles. The number of nitrogens with one attached hydrogen (secondary N) is 1. The molecule has 92 valence electrons. The van der Waals surface area contributed by atoms with Crippen LogP contribution in [0.4, 0.5) is 0 Å². The van der Waals surface area contributed by atoms with Crippen molar-refractivity contribution < 1.29 is 4.74 Å². The van der Waals surface area contributed by atoms with Gasteiger partial charge < -0.3 is 10.1 Å². The normalized spacial score (nSPS) is 11.2. The molecule has 0 spiro atoms.